The molecular weight excluding hydrogens is 865 g/mol. The van der Waals surface area contributed by atoms with Gasteiger partial charge < -0.3 is 53.0 Å². The number of unbranched alkanes of at least 4 members (excludes halogenated alkanes) is 1. The minimum absolute atomic E-state index is 0.00105. The largest absolute Gasteiger partial charge is 0.508 e. The Morgan fingerprint density at radius 3 is 1.48 bits per heavy atom. The number of carbonyl (C=O) groups is 7. The van der Waals surface area contributed by atoms with Crippen LogP contribution < -0.4 is 37.6 Å². The maximum atomic E-state index is 14.3. The molecular formula is C44H58N8O12S. The summed E-state index contributed by atoms with van der Waals surface area (Å²) in [7, 11) is 0. The first-order chi connectivity index (χ1) is 30.8. The van der Waals surface area contributed by atoms with Gasteiger partial charge in [0.2, 0.25) is 35.4 Å². The number of phenolic OH excluding ortho intramolecular Hbond substituents is 2. The average Bonchev–Trinajstić information content (AvgIpc) is 3.27. The molecule has 20 nitrogen and oxygen atoms in total. The Labute approximate surface area is 381 Å². The number of benzene rings is 3. The first-order valence-electron chi connectivity index (χ1n) is 21.0. The fourth-order valence-corrected chi connectivity index (χ4v) is 6.84. The van der Waals surface area contributed by atoms with Crippen molar-refractivity contribution in [2.75, 3.05) is 12.3 Å². The van der Waals surface area contributed by atoms with Gasteiger partial charge in [0.05, 0.1) is 4.92 Å². The lowest BCUT2D eigenvalue weighted by atomic mass is 9.96. The molecule has 6 amide bonds. The Bertz CT molecular complexity index is 2110. The Morgan fingerprint density at radius 1 is 0.631 bits per heavy atom. The van der Waals surface area contributed by atoms with Gasteiger partial charge in [-0.05, 0) is 72.7 Å². The third-order valence-corrected chi connectivity index (χ3v) is 10.8. The molecule has 0 aromatic heterocycles. The highest BCUT2D eigenvalue weighted by molar-refractivity contribution is 7.80. The van der Waals surface area contributed by atoms with Crippen molar-refractivity contribution < 1.29 is 53.8 Å². The highest BCUT2D eigenvalue weighted by atomic mass is 32.1. The average molecular weight is 923 g/mol. The number of hydrogen-bond donors (Lipinski definition) is 11. The van der Waals surface area contributed by atoms with E-state index in [1.807, 2.05) is 0 Å². The summed E-state index contributed by atoms with van der Waals surface area (Å²) in [5.41, 5.74) is 6.84. The number of nitrogens with one attached hydrogen (secondary N) is 6. The lowest BCUT2D eigenvalue weighted by Crippen LogP contribution is -2.61. The van der Waals surface area contributed by atoms with E-state index in [0.717, 1.165) is 0 Å². The second-order valence-corrected chi connectivity index (χ2v) is 15.9. The van der Waals surface area contributed by atoms with E-state index in [0.29, 0.717) is 36.0 Å². The number of phenols is 2. The van der Waals surface area contributed by atoms with E-state index in [1.54, 1.807) is 13.8 Å². The zero-order valence-electron chi connectivity index (χ0n) is 36.3. The zero-order valence-corrected chi connectivity index (χ0v) is 37.2. The fraction of sp³-hybridized carbons (Fsp3) is 0.432. The molecule has 0 spiro atoms. The summed E-state index contributed by atoms with van der Waals surface area (Å²) in [4.78, 5) is 105. The molecule has 3 aromatic carbocycles. The number of carboxylic acid groups (broad SMARTS) is 1. The predicted octanol–water partition coefficient (Wildman–Crippen LogP) is 1.15. The Morgan fingerprint density at radius 2 is 1.05 bits per heavy atom. The van der Waals surface area contributed by atoms with Crippen molar-refractivity contribution in [1.29, 1.82) is 0 Å². The lowest BCUT2D eigenvalue weighted by molar-refractivity contribution is -0.384. The van der Waals surface area contributed by atoms with Crippen molar-refractivity contribution >= 4 is 59.7 Å². The van der Waals surface area contributed by atoms with Crippen LogP contribution in [0.4, 0.5) is 5.69 Å². The molecule has 65 heavy (non-hydrogen) atoms. The van der Waals surface area contributed by atoms with Crippen LogP contribution in [0.2, 0.25) is 0 Å². The number of nitrogens with two attached hydrogens (primary N) is 1. The zero-order chi connectivity index (χ0) is 48.2. The van der Waals surface area contributed by atoms with Gasteiger partial charge in [0.15, 0.2) is 0 Å². The van der Waals surface area contributed by atoms with Crippen molar-refractivity contribution in [1.82, 2.24) is 31.9 Å². The standard InChI is InChI=1S/C44H58N8O12S/c1-4-25(2)38(51-42(59)37(24-65)46-26(3)53)43(60)49-35(22-28-10-16-31(54)17-11-28)40(57)47-33(7-5-6-20-45)39(56)48-34(21-27-8-14-30(15-9-27)52(63)64)41(58)50-36(44(61)62)23-29-12-18-32(55)19-13-29/h8-19,25,33-38,54-55,65H,4-7,20-24,45H2,1-3H3,(H,46,53)(H,47,57)(H,48,56)(H,49,60)(H,50,58)(H,51,59)(H,61,62)/t25?,33-,34-,35-,36-,37-,38-/m0/s1. The SMILES string of the molecule is CCC(C)[C@H](NC(=O)[C@H](CS)NC(C)=O)C(=O)N[C@@H](Cc1ccc(O)cc1)C(=O)N[C@@H](CCCCN)C(=O)N[C@@H](Cc1ccc([N+](=O)[O-])cc1)C(=O)N[C@@H](Cc1ccc(O)cc1)C(=O)O. The number of hydrogen-bond acceptors (Lipinski definition) is 13. The van der Waals surface area contributed by atoms with Gasteiger partial charge in [0.1, 0.15) is 47.8 Å². The number of nitrogens with zero attached hydrogens (tertiary/aromatic N) is 1. The van der Waals surface area contributed by atoms with Gasteiger partial charge in [0, 0.05) is 44.1 Å². The number of nitro benzene ring substituents is 1. The van der Waals surface area contributed by atoms with Gasteiger partial charge in [-0.15, -0.1) is 0 Å². The van der Waals surface area contributed by atoms with Gasteiger partial charge in [-0.3, -0.25) is 38.9 Å². The summed E-state index contributed by atoms with van der Waals surface area (Å²) >= 11 is 4.15. The first-order valence-corrected chi connectivity index (χ1v) is 21.6. The van der Waals surface area contributed by atoms with Crippen molar-refractivity contribution in [2.45, 2.75) is 102 Å². The number of carbonyl (C=O) groups excluding carboxylic acids is 6. The van der Waals surface area contributed by atoms with Crippen LogP contribution in [-0.4, -0.2) is 110 Å². The second kappa shape index (κ2) is 26.1. The number of nitro groups is 1. The smallest absolute Gasteiger partial charge is 0.326 e. The molecule has 0 aliphatic heterocycles. The van der Waals surface area contributed by atoms with Crippen molar-refractivity contribution in [3.8, 4) is 11.5 Å². The maximum Gasteiger partial charge on any atom is 0.326 e. The van der Waals surface area contributed by atoms with Gasteiger partial charge in [-0.2, -0.15) is 12.6 Å². The molecule has 0 bridgehead atoms. The van der Waals surface area contributed by atoms with Crippen LogP contribution in [0.15, 0.2) is 72.8 Å². The Kier molecular flexibility index (Phi) is 21.2. The topological polar surface area (TPSA) is 322 Å². The minimum Gasteiger partial charge on any atom is -0.508 e. The van der Waals surface area contributed by atoms with Crippen LogP contribution in [0.25, 0.3) is 0 Å². The Hall–Kier alpha value is -6.74. The number of rotatable bonds is 26. The molecule has 0 saturated heterocycles. The van der Waals surface area contributed by atoms with Crippen LogP contribution in [0.3, 0.4) is 0 Å². The fourth-order valence-electron chi connectivity index (χ4n) is 6.58. The molecule has 11 N–H and O–H groups in total. The van der Waals surface area contributed by atoms with Gasteiger partial charge in [0.25, 0.3) is 5.69 Å². The number of aromatic hydroxyl groups is 2. The van der Waals surface area contributed by atoms with E-state index in [-0.39, 0.29) is 55.2 Å². The molecule has 0 fully saturated rings. The molecule has 7 atom stereocenters. The summed E-state index contributed by atoms with van der Waals surface area (Å²) in [5.74, 6) is -6.61. The molecule has 21 heteroatoms. The number of amides is 6. The first kappa shape index (κ1) is 52.6. The highest BCUT2D eigenvalue weighted by Crippen LogP contribution is 2.17. The third kappa shape index (κ3) is 17.4. The lowest BCUT2D eigenvalue weighted by Gasteiger charge is -2.29. The summed E-state index contributed by atoms with van der Waals surface area (Å²) < 4.78 is 0. The predicted molar refractivity (Wildman–Crippen MR) is 242 cm³/mol. The third-order valence-electron chi connectivity index (χ3n) is 10.5. The van der Waals surface area contributed by atoms with E-state index in [4.69, 9.17) is 5.73 Å². The minimum atomic E-state index is -1.49. The van der Waals surface area contributed by atoms with Crippen LogP contribution in [-0.2, 0) is 52.8 Å². The summed E-state index contributed by atoms with van der Waals surface area (Å²) in [6, 6.07) is 8.66. The molecule has 3 aromatic rings. The number of thiol groups is 1. The van der Waals surface area contributed by atoms with E-state index in [9.17, 15) is 59.0 Å². The molecule has 3 rings (SSSR count). The number of carboxylic acids is 1. The normalized spacial score (nSPS) is 14.2. The summed E-state index contributed by atoms with van der Waals surface area (Å²) in [6.07, 6.45) is 0.560. The van der Waals surface area contributed by atoms with E-state index >= 15 is 0 Å². The molecule has 0 aliphatic carbocycles. The van der Waals surface area contributed by atoms with Gasteiger partial charge >= 0.3 is 5.97 Å². The molecule has 0 aliphatic rings. The van der Waals surface area contributed by atoms with Crippen molar-refractivity contribution in [3.05, 3.63) is 99.6 Å². The molecule has 0 heterocycles. The molecule has 1 unspecified atom stereocenters. The van der Waals surface area contributed by atoms with Crippen LogP contribution in [0.1, 0.15) is 63.1 Å². The van der Waals surface area contributed by atoms with Crippen molar-refractivity contribution in [2.24, 2.45) is 11.7 Å². The maximum absolute atomic E-state index is 14.3. The molecule has 0 radical (unpaired) electrons. The summed E-state index contributed by atoms with van der Waals surface area (Å²) in [5, 5.41) is 56.6. The number of aliphatic carboxylic acids is 1. The summed E-state index contributed by atoms with van der Waals surface area (Å²) in [6.45, 7) is 4.96. The van der Waals surface area contributed by atoms with E-state index in [2.05, 4.69) is 44.5 Å². The second-order valence-electron chi connectivity index (χ2n) is 15.5. The van der Waals surface area contributed by atoms with Gasteiger partial charge in [-0.25, -0.2) is 4.79 Å². The quantitative estimate of drug-likeness (QED) is 0.0233. The number of non-ortho nitro benzene ring substituents is 1. The van der Waals surface area contributed by atoms with E-state index in [1.165, 1.54) is 79.7 Å². The van der Waals surface area contributed by atoms with E-state index < -0.39 is 88.5 Å². The van der Waals surface area contributed by atoms with Crippen molar-refractivity contribution in [3.63, 3.8) is 0 Å². The van der Waals surface area contributed by atoms with Crippen LogP contribution in [0, 0.1) is 16.0 Å². The Balaban J connectivity index is 1.98. The molecule has 352 valence electrons. The monoisotopic (exact) mass is 922 g/mol. The van der Waals surface area contributed by atoms with Gasteiger partial charge in [-0.1, -0.05) is 56.7 Å². The van der Waals surface area contributed by atoms with Crippen LogP contribution >= 0.6 is 12.6 Å². The highest BCUT2D eigenvalue weighted by Gasteiger charge is 2.35. The molecule has 0 saturated carbocycles. The van der Waals surface area contributed by atoms with Crippen LogP contribution in [0.5, 0.6) is 11.5 Å².